The molecule has 0 saturated carbocycles. The van der Waals surface area contributed by atoms with Crippen LogP contribution in [0.5, 0.6) is 0 Å². The van der Waals surface area contributed by atoms with Gasteiger partial charge >= 0.3 is 0 Å². The molecule has 2 amide bonds. The predicted molar refractivity (Wildman–Crippen MR) is 141 cm³/mol. The number of aromatic nitrogens is 2. The van der Waals surface area contributed by atoms with Crippen LogP contribution in [0.4, 0.5) is 10.2 Å². The molecule has 186 valence electrons. The maximum atomic E-state index is 13.8. The van der Waals surface area contributed by atoms with Crippen LogP contribution in [0.3, 0.4) is 0 Å². The molecule has 1 aromatic carbocycles. The summed E-state index contributed by atoms with van der Waals surface area (Å²) in [4.78, 5) is 29.2. The average molecular weight is 515 g/mol. The van der Waals surface area contributed by atoms with Gasteiger partial charge in [0, 0.05) is 21.9 Å². The van der Waals surface area contributed by atoms with E-state index in [-0.39, 0.29) is 46.6 Å². The van der Waals surface area contributed by atoms with E-state index in [1.54, 1.807) is 44.8 Å². The van der Waals surface area contributed by atoms with E-state index >= 15 is 0 Å². The molecule has 9 heteroatoms. The number of anilines is 1. The number of thioether (sulfide) groups is 1. The Kier molecular flexibility index (Phi) is 7.38. The van der Waals surface area contributed by atoms with E-state index in [1.165, 1.54) is 12.1 Å². The summed E-state index contributed by atoms with van der Waals surface area (Å²) in [7, 11) is 0. The molecule has 1 aliphatic heterocycles. The summed E-state index contributed by atoms with van der Waals surface area (Å²) in [5.41, 5.74) is 2.08. The highest BCUT2D eigenvalue weighted by molar-refractivity contribution is 8.00. The van der Waals surface area contributed by atoms with Gasteiger partial charge in [0.1, 0.15) is 18.2 Å². The van der Waals surface area contributed by atoms with Crippen molar-refractivity contribution in [2.24, 2.45) is 0 Å². The van der Waals surface area contributed by atoms with Gasteiger partial charge in [-0.15, -0.1) is 23.1 Å². The summed E-state index contributed by atoms with van der Waals surface area (Å²) in [5.74, 6) is 0.0896. The number of hydrogen-bond donors (Lipinski definition) is 1. The highest BCUT2D eigenvalue weighted by atomic mass is 32.2. The second-order valence-corrected chi connectivity index (χ2v) is 11.9. The molecule has 0 spiro atoms. The highest BCUT2D eigenvalue weighted by Crippen LogP contribution is 2.49. The van der Waals surface area contributed by atoms with E-state index in [1.807, 2.05) is 25.3 Å². The number of carbonyl (C=O) groups is 2. The van der Waals surface area contributed by atoms with Crippen molar-refractivity contribution in [3.05, 3.63) is 63.7 Å². The molecule has 2 aromatic heterocycles. The maximum absolute atomic E-state index is 13.8. The van der Waals surface area contributed by atoms with E-state index in [0.717, 1.165) is 22.6 Å². The molecular formula is C26H31FN4O2S2. The molecule has 0 saturated heterocycles. The molecule has 35 heavy (non-hydrogen) atoms. The number of carbonyl (C=O) groups excluding carboxylic acids is 2. The molecular weight excluding hydrogens is 483 g/mol. The van der Waals surface area contributed by atoms with Crippen LogP contribution in [0.2, 0.25) is 0 Å². The van der Waals surface area contributed by atoms with E-state index in [9.17, 15) is 14.0 Å². The molecule has 4 rings (SSSR count). The summed E-state index contributed by atoms with van der Waals surface area (Å²) in [6, 6.07) is 10.1. The Bertz CT molecular complexity index is 1200. The first-order valence-corrected chi connectivity index (χ1v) is 13.7. The minimum absolute atomic E-state index is 0.00411. The van der Waals surface area contributed by atoms with Crippen molar-refractivity contribution in [3.63, 3.8) is 0 Å². The first-order chi connectivity index (χ1) is 16.6. The minimum atomic E-state index is -0.351. The number of rotatable bonds is 6. The quantitative estimate of drug-likeness (QED) is 0.475. The molecule has 0 fully saturated rings. The lowest BCUT2D eigenvalue weighted by atomic mass is 9.88. The maximum Gasteiger partial charge on any atom is 0.240 e. The number of hydrogen-bond acceptors (Lipinski definition) is 5. The third-order valence-corrected chi connectivity index (χ3v) is 8.32. The number of amides is 2. The van der Waals surface area contributed by atoms with Gasteiger partial charge in [0.15, 0.2) is 0 Å². The fraction of sp³-hybridized carbons (Fsp3) is 0.423. The van der Waals surface area contributed by atoms with Crippen LogP contribution in [-0.4, -0.2) is 39.9 Å². The zero-order valence-electron chi connectivity index (χ0n) is 20.7. The molecule has 0 bridgehead atoms. The van der Waals surface area contributed by atoms with E-state index in [2.05, 4.69) is 32.2 Å². The number of nitrogens with zero attached hydrogens (tertiary/aromatic N) is 3. The molecule has 3 aromatic rings. The first-order valence-electron chi connectivity index (χ1n) is 11.7. The number of nitrogens with one attached hydrogen (secondary N) is 1. The van der Waals surface area contributed by atoms with Crippen LogP contribution >= 0.6 is 23.1 Å². The van der Waals surface area contributed by atoms with Crippen LogP contribution in [0.25, 0.3) is 5.69 Å². The first kappa shape index (κ1) is 25.4. The largest absolute Gasteiger partial charge is 0.352 e. The summed E-state index contributed by atoms with van der Waals surface area (Å²) in [6.07, 6.45) is 0.795. The van der Waals surface area contributed by atoms with Crippen molar-refractivity contribution < 1.29 is 14.0 Å². The fourth-order valence-corrected chi connectivity index (χ4v) is 6.24. The van der Waals surface area contributed by atoms with Crippen LogP contribution in [-0.2, 0) is 15.0 Å². The predicted octanol–water partition coefficient (Wildman–Crippen LogP) is 5.45. The van der Waals surface area contributed by atoms with Gasteiger partial charge in [-0.1, -0.05) is 33.8 Å². The van der Waals surface area contributed by atoms with E-state index in [0.29, 0.717) is 11.5 Å². The number of fused-ring (bicyclic) bond motifs is 1. The third-order valence-electron chi connectivity index (χ3n) is 5.99. The lowest BCUT2D eigenvalue weighted by Gasteiger charge is -2.24. The standard InChI is InChI=1S/C26H31FN4O2S2/c1-6-16(2)28-20(32)14-30-21(33)15-35-23(19-8-7-13-34-19)22-24(26(3,4)5)29-31(25(22)30)18-11-9-17(27)10-12-18/h7-13,16,23H,6,14-15H2,1-5H3,(H,28,32)/t16-,23+/m0/s1. The van der Waals surface area contributed by atoms with Crippen molar-refractivity contribution in [3.8, 4) is 5.69 Å². The zero-order valence-corrected chi connectivity index (χ0v) is 22.3. The smallest absolute Gasteiger partial charge is 0.240 e. The van der Waals surface area contributed by atoms with E-state index in [4.69, 9.17) is 5.10 Å². The number of benzene rings is 1. The molecule has 1 N–H and O–H groups in total. The fourth-order valence-electron chi connectivity index (χ4n) is 4.07. The lowest BCUT2D eigenvalue weighted by molar-refractivity contribution is -0.123. The Hall–Kier alpha value is -2.65. The summed E-state index contributed by atoms with van der Waals surface area (Å²) < 4.78 is 15.5. The Morgan fingerprint density at radius 3 is 2.57 bits per heavy atom. The molecule has 0 unspecified atom stereocenters. The van der Waals surface area contributed by atoms with E-state index < -0.39 is 0 Å². The van der Waals surface area contributed by atoms with Gasteiger partial charge in [-0.25, -0.2) is 9.07 Å². The third kappa shape index (κ3) is 5.30. The van der Waals surface area contributed by atoms with Crippen molar-refractivity contribution in [2.45, 2.75) is 57.7 Å². The van der Waals surface area contributed by atoms with Crippen LogP contribution < -0.4 is 10.2 Å². The Morgan fingerprint density at radius 2 is 1.97 bits per heavy atom. The van der Waals surface area contributed by atoms with Gasteiger partial charge < -0.3 is 5.32 Å². The topological polar surface area (TPSA) is 67.2 Å². The number of halogens is 1. The molecule has 2 atom stereocenters. The Labute approximate surface area is 213 Å². The van der Waals surface area contributed by atoms with Gasteiger partial charge in [-0.05, 0) is 49.1 Å². The molecule has 6 nitrogen and oxygen atoms in total. The molecule has 0 aliphatic carbocycles. The zero-order chi connectivity index (χ0) is 25.3. The average Bonchev–Trinajstić information content (AvgIpc) is 3.44. The van der Waals surface area contributed by atoms with Crippen molar-refractivity contribution in [1.29, 1.82) is 0 Å². The summed E-state index contributed by atoms with van der Waals surface area (Å²) in [5, 5.41) is 9.89. The van der Waals surface area contributed by atoms with Crippen LogP contribution in [0.1, 0.15) is 62.4 Å². The highest BCUT2D eigenvalue weighted by Gasteiger charge is 2.40. The summed E-state index contributed by atoms with van der Waals surface area (Å²) in [6.45, 7) is 10.1. The van der Waals surface area contributed by atoms with Gasteiger partial charge in [-0.2, -0.15) is 5.10 Å². The normalized spacial score (nSPS) is 17.1. The second-order valence-electron chi connectivity index (χ2n) is 9.79. The van der Waals surface area contributed by atoms with Gasteiger partial charge in [0.25, 0.3) is 0 Å². The molecule has 0 radical (unpaired) electrons. The monoisotopic (exact) mass is 514 g/mol. The lowest BCUT2D eigenvalue weighted by Crippen LogP contribution is -2.44. The van der Waals surface area contributed by atoms with Gasteiger partial charge in [-0.3, -0.25) is 14.5 Å². The van der Waals surface area contributed by atoms with Gasteiger partial charge in [0.2, 0.25) is 11.8 Å². The molecule has 3 heterocycles. The van der Waals surface area contributed by atoms with Crippen molar-refractivity contribution in [2.75, 3.05) is 17.2 Å². The number of thiophene rings is 1. The Morgan fingerprint density at radius 1 is 1.26 bits per heavy atom. The summed E-state index contributed by atoms with van der Waals surface area (Å²) >= 11 is 3.20. The van der Waals surface area contributed by atoms with Crippen molar-refractivity contribution >= 4 is 40.7 Å². The van der Waals surface area contributed by atoms with Crippen LogP contribution in [0.15, 0.2) is 41.8 Å². The molecule has 1 aliphatic rings. The van der Waals surface area contributed by atoms with Crippen LogP contribution in [0, 0.1) is 5.82 Å². The minimum Gasteiger partial charge on any atom is -0.352 e. The Balaban J connectivity index is 1.95. The van der Waals surface area contributed by atoms with Gasteiger partial charge in [0.05, 0.1) is 22.4 Å². The van der Waals surface area contributed by atoms with Crippen molar-refractivity contribution in [1.82, 2.24) is 15.1 Å². The second kappa shape index (κ2) is 10.1. The SMILES string of the molecule is CC[C@H](C)NC(=O)CN1C(=O)CS[C@H](c2cccs2)c2c(C(C)(C)C)nn(-c3ccc(F)cc3)c21.